The molecule has 0 fully saturated rings. The number of methoxy groups -OCH3 is 1. The molecule has 0 saturated carbocycles. The highest BCUT2D eigenvalue weighted by Crippen LogP contribution is 2.50. The van der Waals surface area contributed by atoms with Gasteiger partial charge in [-0.2, -0.15) is 5.10 Å². The first kappa shape index (κ1) is 15.7. The van der Waals surface area contributed by atoms with E-state index in [2.05, 4.69) is 5.10 Å². The van der Waals surface area contributed by atoms with Crippen molar-refractivity contribution in [3.05, 3.63) is 16.6 Å². The van der Waals surface area contributed by atoms with Gasteiger partial charge in [0.25, 0.3) is 0 Å². The summed E-state index contributed by atoms with van der Waals surface area (Å²) in [6.45, 7) is 3.35. The molecule has 0 amide bonds. The summed E-state index contributed by atoms with van der Waals surface area (Å²) in [5.41, 5.74) is -0.521. The van der Waals surface area contributed by atoms with Crippen LogP contribution in [0.25, 0.3) is 0 Å². The Hall–Kier alpha value is -1.37. The molecule has 0 aliphatic heterocycles. The first-order valence-corrected chi connectivity index (χ1v) is 6.93. The minimum atomic E-state index is -3.82. The Labute approximate surface area is 110 Å². The summed E-state index contributed by atoms with van der Waals surface area (Å²) in [5.74, 6) is -0.224. The SMILES string of the molecule is COc1c(OP(=O)(OC)OC(C)C)cnn(C)c1=O. The van der Waals surface area contributed by atoms with Gasteiger partial charge in [-0.05, 0) is 13.8 Å². The highest BCUT2D eigenvalue weighted by Gasteiger charge is 2.30. The number of nitrogens with zero attached hydrogens (tertiary/aromatic N) is 2. The first-order chi connectivity index (χ1) is 8.83. The van der Waals surface area contributed by atoms with Crippen LogP contribution in [0.3, 0.4) is 0 Å². The first-order valence-electron chi connectivity index (χ1n) is 5.47. The second kappa shape index (κ2) is 6.18. The van der Waals surface area contributed by atoms with Gasteiger partial charge in [0.15, 0.2) is 5.75 Å². The van der Waals surface area contributed by atoms with E-state index in [1.54, 1.807) is 13.8 Å². The van der Waals surface area contributed by atoms with Crippen LogP contribution in [0.1, 0.15) is 13.8 Å². The van der Waals surface area contributed by atoms with E-state index in [0.717, 1.165) is 4.68 Å². The third-order valence-corrected chi connectivity index (χ3v) is 3.59. The number of aryl methyl sites for hydroxylation is 1. The standard InChI is InChI=1S/C10H17N2O6P/c1-7(2)17-19(14,16-5)18-8-6-11-12(3)10(13)9(8)15-4/h6-7H,1-5H3. The molecular formula is C10H17N2O6P. The molecule has 19 heavy (non-hydrogen) atoms. The van der Waals surface area contributed by atoms with Gasteiger partial charge in [0.05, 0.1) is 19.4 Å². The summed E-state index contributed by atoms with van der Waals surface area (Å²) in [4.78, 5) is 11.7. The van der Waals surface area contributed by atoms with Crippen molar-refractivity contribution in [1.82, 2.24) is 9.78 Å². The molecule has 0 spiro atoms. The van der Waals surface area contributed by atoms with Crippen LogP contribution in [0.15, 0.2) is 11.0 Å². The molecule has 0 saturated heterocycles. The Bertz CT molecular complexity index is 541. The molecule has 1 rings (SSSR count). The van der Waals surface area contributed by atoms with Crippen molar-refractivity contribution >= 4 is 7.82 Å². The Morgan fingerprint density at radius 1 is 1.37 bits per heavy atom. The molecule has 8 nitrogen and oxygen atoms in total. The normalized spacial score (nSPS) is 14.2. The number of phosphoric acid groups is 1. The van der Waals surface area contributed by atoms with E-state index >= 15 is 0 Å². The molecule has 108 valence electrons. The van der Waals surface area contributed by atoms with Crippen LogP contribution in [-0.2, 0) is 20.7 Å². The zero-order chi connectivity index (χ0) is 14.6. The third-order valence-electron chi connectivity index (χ3n) is 2.04. The summed E-state index contributed by atoms with van der Waals surface area (Å²) in [6, 6.07) is 0. The van der Waals surface area contributed by atoms with Gasteiger partial charge in [0, 0.05) is 14.2 Å². The summed E-state index contributed by atoms with van der Waals surface area (Å²) in [5, 5.41) is 3.75. The second-order valence-corrected chi connectivity index (χ2v) is 5.50. The van der Waals surface area contributed by atoms with Gasteiger partial charge in [-0.25, -0.2) is 9.25 Å². The molecule has 1 unspecified atom stereocenters. The summed E-state index contributed by atoms with van der Waals surface area (Å²) >= 11 is 0. The fourth-order valence-electron chi connectivity index (χ4n) is 1.24. The number of aromatic nitrogens is 2. The van der Waals surface area contributed by atoms with Crippen molar-refractivity contribution in [2.24, 2.45) is 7.05 Å². The van der Waals surface area contributed by atoms with E-state index in [9.17, 15) is 9.36 Å². The van der Waals surface area contributed by atoms with E-state index in [-0.39, 0.29) is 17.6 Å². The molecule has 0 N–H and O–H groups in total. The summed E-state index contributed by atoms with van der Waals surface area (Å²) < 4.78 is 33.1. The maximum atomic E-state index is 12.2. The van der Waals surface area contributed by atoms with Crippen LogP contribution >= 0.6 is 7.82 Å². The quantitative estimate of drug-likeness (QED) is 0.731. The number of phosphoric ester groups is 1. The van der Waals surface area contributed by atoms with Gasteiger partial charge in [-0.3, -0.25) is 13.8 Å². The topological polar surface area (TPSA) is 88.9 Å². The molecule has 0 aliphatic rings. The molecule has 1 atom stereocenters. The minimum absolute atomic E-state index is 0.101. The molecule has 0 aliphatic carbocycles. The van der Waals surface area contributed by atoms with Gasteiger partial charge in [-0.15, -0.1) is 0 Å². The molecule has 0 bridgehead atoms. The Kier molecular flexibility index (Phi) is 5.11. The highest BCUT2D eigenvalue weighted by atomic mass is 31.2. The lowest BCUT2D eigenvalue weighted by molar-refractivity contribution is 0.142. The largest absolute Gasteiger partial charge is 0.530 e. The number of hydrogen-bond acceptors (Lipinski definition) is 7. The highest BCUT2D eigenvalue weighted by molar-refractivity contribution is 7.48. The zero-order valence-electron chi connectivity index (χ0n) is 11.4. The number of hydrogen-bond donors (Lipinski definition) is 0. The van der Waals surface area contributed by atoms with Crippen molar-refractivity contribution in [3.63, 3.8) is 0 Å². The summed E-state index contributed by atoms with van der Waals surface area (Å²) in [7, 11) is 0.113. The second-order valence-electron chi connectivity index (χ2n) is 3.85. The fraction of sp³-hybridized carbons (Fsp3) is 0.600. The van der Waals surface area contributed by atoms with Crippen molar-refractivity contribution in [1.29, 1.82) is 0 Å². The van der Waals surface area contributed by atoms with Crippen molar-refractivity contribution < 1.29 is 22.9 Å². The average molecular weight is 292 g/mol. The number of ether oxygens (including phenoxy) is 1. The van der Waals surface area contributed by atoms with Gasteiger partial charge in [-0.1, -0.05) is 0 Å². The lowest BCUT2D eigenvalue weighted by Crippen LogP contribution is -2.21. The van der Waals surface area contributed by atoms with E-state index in [4.69, 9.17) is 18.3 Å². The molecule has 1 heterocycles. The average Bonchev–Trinajstić information content (AvgIpc) is 2.33. The maximum Gasteiger partial charge on any atom is 0.530 e. The predicted octanol–water partition coefficient (Wildman–Crippen LogP) is 1.35. The predicted molar refractivity (Wildman–Crippen MR) is 67.5 cm³/mol. The molecule has 0 aromatic carbocycles. The van der Waals surface area contributed by atoms with Gasteiger partial charge >= 0.3 is 13.4 Å². The summed E-state index contributed by atoms with van der Waals surface area (Å²) in [6.07, 6.45) is 0.826. The fourth-order valence-corrected chi connectivity index (χ4v) is 2.33. The van der Waals surface area contributed by atoms with E-state index < -0.39 is 13.4 Å². The lowest BCUT2D eigenvalue weighted by Gasteiger charge is -2.19. The van der Waals surface area contributed by atoms with Crippen molar-refractivity contribution in [2.45, 2.75) is 20.0 Å². The molecular weight excluding hydrogens is 275 g/mol. The van der Waals surface area contributed by atoms with E-state index in [1.807, 2.05) is 0 Å². The number of rotatable bonds is 6. The van der Waals surface area contributed by atoms with Crippen molar-refractivity contribution in [2.75, 3.05) is 14.2 Å². The van der Waals surface area contributed by atoms with Crippen LogP contribution in [0.5, 0.6) is 11.5 Å². The van der Waals surface area contributed by atoms with Crippen LogP contribution in [0.2, 0.25) is 0 Å². The molecule has 9 heteroatoms. The monoisotopic (exact) mass is 292 g/mol. The van der Waals surface area contributed by atoms with Crippen LogP contribution in [-0.4, -0.2) is 30.1 Å². The van der Waals surface area contributed by atoms with E-state index in [1.165, 1.54) is 27.5 Å². The zero-order valence-corrected chi connectivity index (χ0v) is 12.3. The van der Waals surface area contributed by atoms with Crippen LogP contribution in [0.4, 0.5) is 0 Å². The van der Waals surface area contributed by atoms with Crippen LogP contribution < -0.4 is 14.8 Å². The minimum Gasteiger partial charge on any atom is -0.488 e. The van der Waals surface area contributed by atoms with Gasteiger partial charge in [0.2, 0.25) is 5.75 Å². The Morgan fingerprint density at radius 2 is 2.00 bits per heavy atom. The third kappa shape index (κ3) is 3.79. The Balaban J connectivity index is 3.14. The lowest BCUT2D eigenvalue weighted by atomic mass is 10.5. The van der Waals surface area contributed by atoms with Crippen LogP contribution in [0, 0.1) is 0 Å². The molecule has 0 radical (unpaired) electrons. The molecule has 1 aromatic heterocycles. The Morgan fingerprint density at radius 3 is 2.47 bits per heavy atom. The van der Waals surface area contributed by atoms with E-state index in [0.29, 0.717) is 0 Å². The molecule has 1 aromatic rings. The van der Waals surface area contributed by atoms with Gasteiger partial charge in [0.1, 0.15) is 0 Å². The van der Waals surface area contributed by atoms with Crippen molar-refractivity contribution in [3.8, 4) is 11.5 Å². The van der Waals surface area contributed by atoms with Gasteiger partial charge < -0.3 is 9.26 Å². The maximum absolute atomic E-state index is 12.2. The smallest absolute Gasteiger partial charge is 0.488 e.